The molecule has 1 aliphatic carbocycles. The summed E-state index contributed by atoms with van der Waals surface area (Å²) in [4.78, 5) is 2.41. The lowest BCUT2D eigenvalue weighted by Gasteiger charge is -2.42. The summed E-state index contributed by atoms with van der Waals surface area (Å²) in [6, 6.07) is 3.63. The van der Waals surface area contributed by atoms with Crippen molar-refractivity contribution in [2.45, 2.75) is 56.6 Å². The molecule has 1 aromatic carbocycles. The first-order chi connectivity index (χ1) is 10.1. The van der Waals surface area contributed by atoms with Gasteiger partial charge in [0.05, 0.1) is 6.10 Å². The Kier molecular flexibility index (Phi) is 4.27. The zero-order chi connectivity index (χ0) is 14.9. The van der Waals surface area contributed by atoms with Gasteiger partial charge in [-0.25, -0.2) is 8.78 Å². The van der Waals surface area contributed by atoms with Gasteiger partial charge in [0.15, 0.2) is 0 Å². The number of rotatable bonds is 4. The van der Waals surface area contributed by atoms with Gasteiger partial charge in [-0.3, -0.25) is 4.90 Å². The second-order valence-corrected chi connectivity index (χ2v) is 6.46. The van der Waals surface area contributed by atoms with Crippen molar-refractivity contribution in [2.24, 2.45) is 0 Å². The molecule has 3 rings (SSSR count). The Hall–Kier alpha value is -1.00. The normalized spacial score (nSPS) is 23.6. The van der Waals surface area contributed by atoms with Gasteiger partial charge in [-0.15, -0.1) is 0 Å². The van der Waals surface area contributed by atoms with Crippen LogP contribution in [0.3, 0.4) is 0 Å². The highest BCUT2D eigenvalue weighted by atomic mass is 19.1. The Morgan fingerprint density at radius 2 is 1.76 bits per heavy atom. The average Bonchev–Trinajstić information content (AvgIpc) is 3.11. The fourth-order valence-corrected chi connectivity index (χ4v) is 4.10. The molecule has 21 heavy (non-hydrogen) atoms. The van der Waals surface area contributed by atoms with Crippen molar-refractivity contribution in [3.05, 3.63) is 35.4 Å². The van der Waals surface area contributed by atoms with Gasteiger partial charge in [-0.05, 0) is 50.4 Å². The molecule has 0 radical (unpaired) electrons. The molecule has 2 aliphatic rings. The fourth-order valence-electron chi connectivity index (χ4n) is 4.10. The highest BCUT2D eigenvalue weighted by Crippen LogP contribution is 2.41. The molecule has 1 saturated heterocycles. The number of hydrogen-bond donors (Lipinski definition) is 1. The van der Waals surface area contributed by atoms with Gasteiger partial charge in [0.2, 0.25) is 0 Å². The molecule has 1 saturated carbocycles. The van der Waals surface area contributed by atoms with Gasteiger partial charge in [-0.2, -0.15) is 0 Å². The second kappa shape index (κ2) is 6.01. The molecule has 0 amide bonds. The number of likely N-dealkylation sites (tertiary alicyclic amines) is 1. The Labute approximate surface area is 124 Å². The smallest absolute Gasteiger partial charge is 0.129 e. The number of benzene rings is 1. The van der Waals surface area contributed by atoms with E-state index in [4.69, 9.17) is 0 Å². The topological polar surface area (TPSA) is 23.5 Å². The Morgan fingerprint density at radius 3 is 2.38 bits per heavy atom. The average molecular weight is 295 g/mol. The number of hydrogen-bond acceptors (Lipinski definition) is 2. The Bertz CT molecular complexity index is 494. The Morgan fingerprint density at radius 1 is 1.10 bits per heavy atom. The maximum atomic E-state index is 13.8. The second-order valence-electron chi connectivity index (χ2n) is 6.46. The largest absolute Gasteiger partial charge is 0.391 e. The number of aliphatic hydroxyl groups is 1. The first-order valence-corrected chi connectivity index (χ1v) is 7.99. The van der Waals surface area contributed by atoms with Crippen molar-refractivity contribution < 1.29 is 13.9 Å². The molecule has 116 valence electrons. The van der Waals surface area contributed by atoms with Crippen molar-refractivity contribution in [3.8, 4) is 0 Å². The van der Waals surface area contributed by atoms with E-state index >= 15 is 0 Å². The van der Waals surface area contributed by atoms with Crippen LogP contribution in [-0.4, -0.2) is 34.7 Å². The third kappa shape index (κ3) is 2.84. The lowest BCUT2D eigenvalue weighted by Crippen LogP contribution is -2.54. The van der Waals surface area contributed by atoms with E-state index in [1.807, 2.05) is 0 Å². The van der Waals surface area contributed by atoms with Crippen LogP contribution in [0.2, 0.25) is 0 Å². The summed E-state index contributed by atoms with van der Waals surface area (Å²) in [6.45, 7) is 2.06. The van der Waals surface area contributed by atoms with E-state index < -0.39 is 17.7 Å². The van der Waals surface area contributed by atoms with Gasteiger partial charge >= 0.3 is 0 Å². The van der Waals surface area contributed by atoms with Crippen molar-refractivity contribution in [3.63, 3.8) is 0 Å². The standard InChI is InChI=1S/C17H23F2NO/c18-14-6-5-13(15(19)12-14)11-16(21)17(7-1-2-8-17)20-9-3-4-10-20/h5-6,12,16,21H,1-4,7-11H2. The summed E-state index contributed by atoms with van der Waals surface area (Å²) >= 11 is 0. The van der Waals surface area contributed by atoms with Crippen LogP contribution in [0.5, 0.6) is 0 Å². The molecule has 1 atom stereocenters. The molecule has 2 fully saturated rings. The summed E-state index contributed by atoms with van der Waals surface area (Å²) in [5.41, 5.74) is 0.214. The van der Waals surface area contributed by atoms with Crippen molar-refractivity contribution in [1.82, 2.24) is 4.90 Å². The first-order valence-electron chi connectivity index (χ1n) is 7.99. The molecule has 1 heterocycles. The number of halogens is 2. The van der Waals surface area contributed by atoms with Gasteiger partial charge in [0, 0.05) is 18.0 Å². The zero-order valence-electron chi connectivity index (χ0n) is 12.3. The van der Waals surface area contributed by atoms with Gasteiger partial charge in [-0.1, -0.05) is 18.9 Å². The summed E-state index contributed by atoms with van der Waals surface area (Å²) in [5.74, 6) is -1.12. The van der Waals surface area contributed by atoms with E-state index in [1.165, 1.54) is 25.0 Å². The van der Waals surface area contributed by atoms with E-state index in [0.717, 1.165) is 44.8 Å². The van der Waals surface area contributed by atoms with Gasteiger partial charge in [0.25, 0.3) is 0 Å². The highest BCUT2D eigenvalue weighted by Gasteiger charge is 2.46. The predicted octanol–water partition coefficient (Wildman–Crippen LogP) is 3.28. The van der Waals surface area contributed by atoms with Gasteiger partial charge < -0.3 is 5.11 Å². The molecular formula is C17H23F2NO. The molecule has 1 aromatic rings. The summed E-state index contributed by atoms with van der Waals surface area (Å²) in [7, 11) is 0. The lowest BCUT2D eigenvalue weighted by molar-refractivity contribution is -0.0175. The number of nitrogens with zero attached hydrogens (tertiary/aromatic N) is 1. The van der Waals surface area contributed by atoms with E-state index in [1.54, 1.807) is 0 Å². The van der Waals surface area contributed by atoms with Crippen molar-refractivity contribution in [2.75, 3.05) is 13.1 Å². The maximum Gasteiger partial charge on any atom is 0.129 e. The molecule has 1 aliphatic heterocycles. The third-order valence-electron chi connectivity index (χ3n) is 5.25. The monoisotopic (exact) mass is 295 g/mol. The van der Waals surface area contributed by atoms with E-state index in [2.05, 4.69) is 4.90 Å². The van der Waals surface area contributed by atoms with Crippen molar-refractivity contribution >= 4 is 0 Å². The number of aliphatic hydroxyl groups excluding tert-OH is 1. The van der Waals surface area contributed by atoms with Crippen molar-refractivity contribution in [1.29, 1.82) is 0 Å². The molecule has 2 nitrogen and oxygen atoms in total. The summed E-state index contributed by atoms with van der Waals surface area (Å²) in [6.07, 6.45) is 6.26. The van der Waals surface area contributed by atoms with Crippen LogP contribution in [0.25, 0.3) is 0 Å². The van der Waals surface area contributed by atoms with Crippen LogP contribution in [0.1, 0.15) is 44.1 Å². The minimum atomic E-state index is -0.585. The van der Waals surface area contributed by atoms with E-state index in [0.29, 0.717) is 5.56 Å². The van der Waals surface area contributed by atoms with Crippen LogP contribution in [0, 0.1) is 11.6 Å². The molecule has 0 aromatic heterocycles. The van der Waals surface area contributed by atoms with Crippen LogP contribution < -0.4 is 0 Å². The van der Waals surface area contributed by atoms with Crippen LogP contribution >= 0.6 is 0 Å². The lowest BCUT2D eigenvalue weighted by atomic mass is 9.84. The Balaban J connectivity index is 1.79. The maximum absolute atomic E-state index is 13.8. The molecule has 1 unspecified atom stereocenters. The van der Waals surface area contributed by atoms with Gasteiger partial charge in [0.1, 0.15) is 11.6 Å². The molecular weight excluding hydrogens is 272 g/mol. The third-order valence-corrected chi connectivity index (χ3v) is 5.25. The highest BCUT2D eigenvalue weighted by molar-refractivity contribution is 5.21. The minimum Gasteiger partial charge on any atom is -0.391 e. The molecule has 1 N–H and O–H groups in total. The zero-order valence-corrected chi connectivity index (χ0v) is 12.3. The summed E-state index contributed by atoms with van der Waals surface area (Å²) in [5, 5.41) is 10.8. The quantitative estimate of drug-likeness (QED) is 0.921. The molecule has 0 spiro atoms. The SMILES string of the molecule is OC(Cc1ccc(F)cc1F)C1(N2CCCC2)CCCC1. The van der Waals surface area contributed by atoms with Crippen LogP contribution in [-0.2, 0) is 6.42 Å². The fraction of sp³-hybridized carbons (Fsp3) is 0.647. The molecule has 4 heteroatoms. The first kappa shape index (κ1) is 14.9. The van der Waals surface area contributed by atoms with E-state index in [-0.39, 0.29) is 12.0 Å². The van der Waals surface area contributed by atoms with Crippen LogP contribution in [0.15, 0.2) is 18.2 Å². The van der Waals surface area contributed by atoms with Crippen LogP contribution in [0.4, 0.5) is 8.78 Å². The summed E-state index contributed by atoms with van der Waals surface area (Å²) < 4.78 is 26.8. The minimum absolute atomic E-state index is 0.197. The predicted molar refractivity (Wildman–Crippen MR) is 78.1 cm³/mol. The van der Waals surface area contributed by atoms with E-state index in [9.17, 15) is 13.9 Å². The molecule has 0 bridgehead atoms.